The van der Waals surface area contributed by atoms with Crippen LogP contribution in [0.2, 0.25) is 0 Å². The molecule has 0 saturated carbocycles. The van der Waals surface area contributed by atoms with Gasteiger partial charge in [0.05, 0.1) is 11.1 Å². The van der Waals surface area contributed by atoms with E-state index in [2.05, 4.69) is 10.6 Å². The largest absolute Gasteiger partial charge is 0.385 e. The van der Waals surface area contributed by atoms with Gasteiger partial charge in [0.25, 0.3) is 11.8 Å². The predicted molar refractivity (Wildman–Crippen MR) is 95.6 cm³/mol. The lowest BCUT2D eigenvalue weighted by atomic mass is 10.1. The summed E-state index contributed by atoms with van der Waals surface area (Å²) in [5, 5.41) is 5.49. The molecule has 3 amide bonds. The third kappa shape index (κ3) is 4.04. The second-order valence-corrected chi connectivity index (χ2v) is 5.11. The number of rotatable bonds is 7. The molecule has 25 heavy (non-hydrogen) atoms. The minimum Gasteiger partial charge on any atom is -0.385 e. The van der Waals surface area contributed by atoms with Gasteiger partial charge in [-0.3, -0.25) is 19.3 Å². The molecule has 1 atom stereocenters. The summed E-state index contributed by atoms with van der Waals surface area (Å²) in [6.45, 7) is 6.48. The number of likely N-dealkylation sites (N-methyl/N-ethyl adjacent to an activating group) is 1. The van der Waals surface area contributed by atoms with Gasteiger partial charge in [0.15, 0.2) is 0 Å². The lowest BCUT2D eigenvalue weighted by Gasteiger charge is -2.24. The van der Waals surface area contributed by atoms with Gasteiger partial charge in [-0.15, -0.1) is 0 Å². The Balaban J connectivity index is 0.00000151. The molecule has 1 aromatic carbocycles. The first-order valence-corrected chi connectivity index (χ1v) is 8.46. The highest BCUT2D eigenvalue weighted by Crippen LogP contribution is 2.31. The highest BCUT2D eigenvalue weighted by atomic mass is 16.2. The standard InChI is InChI=1S/C16H19N3O4.C2H6/c1-3-18-11-7-4-6-10-13(11)16(23)19(15(10)22)12(8-5-9-20)14(21)17-2;1-2/h4,6-7,9,12,18H,3,5,8H2,1-2H3,(H,17,21);1-2H3. The number of hydrogen-bond acceptors (Lipinski definition) is 5. The van der Waals surface area contributed by atoms with Gasteiger partial charge in [-0.05, 0) is 25.5 Å². The molecule has 2 N–H and O–H groups in total. The van der Waals surface area contributed by atoms with Crippen molar-refractivity contribution in [3.05, 3.63) is 29.3 Å². The zero-order chi connectivity index (χ0) is 19.0. The summed E-state index contributed by atoms with van der Waals surface area (Å²) in [5.41, 5.74) is 1.12. The second kappa shape index (κ2) is 9.56. The van der Waals surface area contributed by atoms with E-state index in [-0.39, 0.29) is 24.0 Å². The summed E-state index contributed by atoms with van der Waals surface area (Å²) in [5.74, 6) is -1.49. The van der Waals surface area contributed by atoms with Crippen LogP contribution in [-0.2, 0) is 9.59 Å². The molecule has 1 aliphatic rings. The number of imide groups is 1. The monoisotopic (exact) mass is 347 g/mol. The Kier molecular flexibility index (Phi) is 7.78. The molecule has 1 unspecified atom stereocenters. The van der Waals surface area contributed by atoms with Crippen molar-refractivity contribution in [2.24, 2.45) is 0 Å². The molecular weight excluding hydrogens is 322 g/mol. The number of benzene rings is 1. The fourth-order valence-corrected chi connectivity index (χ4v) is 2.69. The first kappa shape index (κ1) is 20.3. The topological polar surface area (TPSA) is 95.6 Å². The average molecular weight is 347 g/mol. The van der Waals surface area contributed by atoms with E-state index in [1.807, 2.05) is 20.8 Å². The molecular formula is C18H25N3O4. The van der Waals surface area contributed by atoms with Gasteiger partial charge in [-0.1, -0.05) is 19.9 Å². The van der Waals surface area contributed by atoms with Gasteiger partial charge in [0.1, 0.15) is 12.3 Å². The van der Waals surface area contributed by atoms with E-state index in [9.17, 15) is 19.2 Å². The SMILES string of the molecule is CC.CCNc1cccc2c1C(=O)N(C(CCC=O)C(=O)NC)C2=O. The Bertz CT molecular complexity index is 658. The molecule has 7 heteroatoms. The lowest BCUT2D eigenvalue weighted by Crippen LogP contribution is -2.48. The molecule has 1 heterocycles. The number of amides is 3. The molecule has 0 aromatic heterocycles. The molecule has 0 bridgehead atoms. The van der Waals surface area contributed by atoms with E-state index in [0.717, 1.165) is 4.90 Å². The van der Waals surface area contributed by atoms with Crippen molar-refractivity contribution in [2.75, 3.05) is 18.9 Å². The van der Waals surface area contributed by atoms with Crippen LogP contribution in [0.3, 0.4) is 0 Å². The maximum atomic E-state index is 12.7. The van der Waals surface area contributed by atoms with Crippen molar-refractivity contribution < 1.29 is 19.2 Å². The minimum absolute atomic E-state index is 0.0888. The first-order valence-electron chi connectivity index (χ1n) is 8.46. The van der Waals surface area contributed by atoms with E-state index in [4.69, 9.17) is 0 Å². The van der Waals surface area contributed by atoms with Crippen molar-refractivity contribution >= 4 is 29.7 Å². The molecule has 1 aromatic rings. The quantitative estimate of drug-likeness (QED) is 0.579. The number of aldehydes is 1. The van der Waals surface area contributed by atoms with Crippen LogP contribution in [0.15, 0.2) is 18.2 Å². The average Bonchev–Trinajstić information content (AvgIpc) is 2.89. The van der Waals surface area contributed by atoms with E-state index in [1.54, 1.807) is 18.2 Å². The summed E-state index contributed by atoms with van der Waals surface area (Å²) in [4.78, 5) is 49.0. The molecule has 0 radical (unpaired) electrons. The summed E-state index contributed by atoms with van der Waals surface area (Å²) >= 11 is 0. The van der Waals surface area contributed by atoms with Crippen LogP contribution in [0.1, 0.15) is 54.3 Å². The molecule has 136 valence electrons. The molecule has 0 fully saturated rings. The van der Waals surface area contributed by atoms with Crippen LogP contribution in [-0.4, -0.2) is 48.5 Å². The van der Waals surface area contributed by atoms with Crippen LogP contribution in [0.25, 0.3) is 0 Å². The second-order valence-electron chi connectivity index (χ2n) is 5.11. The Morgan fingerprint density at radius 2 is 1.92 bits per heavy atom. The van der Waals surface area contributed by atoms with Crippen molar-refractivity contribution in [1.29, 1.82) is 0 Å². The number of nitrogens with zero attached hydrogens (tertiary/aromatic N) is 1. The van der Waals surface area contributed by atoms with Gasteiger partial charge < -0.3 is 15.4 Å². The van der Waals surface area contributed by atoms with Gasteiger partial charge >= 0.3 is 0 Å². The third-order valence-corrected chi connectivity index (χ3v) is 3.73. The van der Waals surface area contributed by atoms with E-state index < -0.39 is 23.8 Å². The Labute approximate surface area is 147 Å². The number of carbonyl (C=O) groups is 4. The first-order chi connectivity index (χ1) is 12.1. The van der Waals surface area contributed by atoms with Crippen LogP contribution in [0.4, 0.5) is 5.69 Å². The Morgan fingerprint density at radius 3 is 2.48 bits per heavy atom. The predicted octanol–water partition coefficient (Wildman–Crippen LogP) is 1.83. The number of anilines is 1. The number of nitrogens with one attached hydrogen (secondary N) is 2. The minimum atomic E-state index is -0.993. The van der Waals surface area contributed by atoms with Crippen molar-refractivity contribution in [1.82, 2.24) is 10.2 Å². The summed E-state index contributed by atoms with van der Waals surface area (Å²) in [6, 6.07) is 3.98. The van der Waals surface area contributed by atoms with Crippen LogP contribution in [0.5, 0.6) is 0 Å². The molecule has 0 aliphatic carbocycles. The van der Waals surface area contributed by atoms with Crippen molar-refractivity contribution in [2.45, 2.75) is 39.7 Å². The fraction of sp³-hybridized carbons (Fsp3) is 0.444. The lowest BCUT2D eigenvalue weighted by molar-refractivity contribution is -0.124. The molecule has 0 spiro atoms. The summed E-state index contributed by atoms with van der Waals surface area (Å²) in [7, 11) is 1.43. The van der Waals surface area contributed by atoms with Crippen molar-refractivity contribution in [3.8, 4) is 0 Å². The normalized spacial score (nSPS) is 13.5. The third-order valence-electron chi connectivity index (χ3n) is 3.73. The van der Waals surface area contributed by atoms with E-state index >= 15 is 0 Å². The maximum absolute atomic E-state index is 12.7. The Morgan fingerprint density at radius 1 is 1.24 bits per heavy atom. The zero-order valence-corrected chi connectivity index (χ0v) is 15.1. The number of fused-ring (bicyclic) bond motifs is 1. The Hall–Kier alpha value is -2.70. The zero-order valence-electron chi connectivity index (χ0n) is 15.1. The van der Waals surface area contributed by atoms with Crippen LogP contribution >= 0.6 is 0 Å². The highest BCUT2D eigenvalue weighted by molar-refractivity contribution is 6.25. The molecule has 7 nitrogen and oxygen atoms in total. The van der Waals surface area contributed by atoms with Gasteiger partial charge in [-0.2, -0.15) is 0 Å². The van der Waals surface area contributed by atoms with E-state index in [1.165, 1.54) is 7.05 Å². The number of carbonyl (C=O) groups excluding carboxylic acids is 4. The highest BCUT2D eigenvalue weighted by Gasteiger charge is 2.43. The van der Waals surface area contributed by atoms with E-state index in [0.29, 0.717) is 18.5 Å². The van der Waals surface area contributed by atoms with Gasteiger partial charge in [-0.25, -0.2) is 0 Å². The van der Waals surface area contributed by atoms with Crippen LogP contribution in [0, 0.1) is 0 Å². The fourth-order valence-electron chi connectivity index (χ4n) is 2.69. The summed E-state index contributed by atoms with van der Waals surface area (Å²) < 4.78 is 0. The molecule has 1 aliphatic heterocycles. The maximum Gasteiger partial charge on any atom is 0.264 e. The number of hydrogen-bond donors (Lipinski definition) is 2. The van der Waals surface area contributed by atoms with Gasteiger partial charge in [0.2, 0.25) is 5.91 Å². The smallest absolute Gasteiger partial charge is 0.264 e. The van der Waals surface area contributed by atoms with Gasteiger partial charge in [0, 0.05) is 25.7 Å². The molecule has 2 rings (SSSR count). The van der Waals surface area contributed by atoms with Crippen molar-refractivity contribution in [3.63, 3.8) is 0 Å². The van der Waals surface area contributed by atoms with Crippen LogP contribution < -0.4 is 10.6 Å². The summed E-state index contributed by atoms with van der Waals surface area (Å²) in [6.07, 6.45) is 0.856. The molecule has 0 saturated heterocycles.